The number of hydrogen-bond acceptors (Lipinski definition) is 9. The maximum Gasteiger partial charge on any atom is 0.316 e. The minimum Gasteiger partial charge on any atom is -0.468 e. The van der Waals surface area contributed by atoms with Gasteiger partial charge in [0.15, 0.2) is 10.9 Å². The Bertz CT molecular complexity index is 831. The average Bonchev–Trinajstić information content (AvgIpc) is 3.21. The topological polar surface area (TPSA) is 89.5 Å². The van der Waals surface area contributed by atoms with Crippen LogP contribution in [0.3, 0.4) is 0 Å². The largest absolute Gasteiger partial charge is 0.468 e. The molecule has 11 heteroatoms. The van der Waals surface area contributed by atoms with E-state index in [0.717, 1.165) is 34.6 Å². The number of carbonyl (C=O) groups excluding carboxylic acids is 2. The monoisotopic (exact) mass is 628 g/mol. The maximum atomic E-state index is 12.4. The molecule has 6 aliphatic rings. The fraction of sp³-hybridized carbons (Fsp3) is 0.826. The summed E-state index contributed by atoms with van der Waals surface area (Å²) in [6, 6.07) is 0. The standard InChI is InChI=1S/C23H30ClIO8S/c1-11(25)7-12(24)5-6-23-9-15-19(32-23)20-21(31-15)22(33-23)18-14(30-20)4-3-13(29-18)8-17(27)34-10-16(26)28-2/h12-15,18-22H,1,3-10H2,2H3/t12-,13-,14+,15-,18+,19+,20+,21-,22+,23+/m1/s1. The lowest BCUT2D eigenvalue weighted by atomic mass is 9.87. The van der Waals surface area contributed by atoms with Crippen molar-refractivity contribution >= 4 is 57.0 Å². The van der Waals surface area contributed by atoms with E-state index in [4.69, 9.17) is 35.3 Å². The maximum absolute atomic E-state index is 12.4. The molecule has 0 amide bonds. The molecule has 190 valence electrons. The van der Waals surface area contributed by atoms with Crippen molar-refractivity contribution in [3.8, 4) is 0 Å². The third-order valence-corrected chi connectivity index (χ3v) is 8.96. The van der Waals surface area contributed by atoms with Crippen LogP contribution in [0.25, 0.3) is 0 Å². The Kier molecular flexibility index (Phi) is 7.88. The van der Waals surface area contributed by atoms with Crippen LogP contribution in [0.15, 0.2) is 10.2 Å². The number of thioether (sulfide) groups is 1. The van der Waals surface area contributed by atoms with Gasteiger partial charge in [0, 0.05) is 24.6 Å². The van der Waals surface area contributed by atoms with Gasteiger partial charge >= 0.3 is 5.97 Å². The number of methoxy groups -OCH3 is 1. The van der Waals surface area contributed by atoms with E-state index in [1.165, 1.54) is 7.11 Å². The van der Waals surface area contributed by atoms with Gasteiger partial charge in [0.1, 0.15) is 30.5 Å². The summed E-state index contributed by atoms with van der Waals surface area (Å²) in [5.74, 6) is -1.17. The number of hydrogen-bond donors (Lipinski definition) is 0. The number of rotatable bonds is 9. The first-order valence-corrected chi connectivity index (χ1v) is 14.3. The van der Waals surface area contributed by atoms with Crippen LogP contribution in [-0.4, -0.2) is 83.9 Å². The van der Waals surface area contributed by atoms with Crippen LogP contribution in [0.4, 0.5) is 0 Å². The summed E-state index contributed by atoms with van der Waals surface area (Å²) in [4.78, 5) is 23.7. The van der Waals surface area contributed by atoms with E-state index in [2.05, 4.69) is 33.9 Å². The predicted molar refractivity (Wildman–Crippen MR) is 133 cm³/mol. The second-order valence-corrected chi connectivity index (χ2v) is 12.8. The van der Waals surface area contributed by atoms with E-state index < -0.39 is 11.8 Å². The van der Waals surface area contributed by atoms with Gasteiger partial charge in [-0.2, -0.15) is 0 Å². The second kappa shape index (κ2) is 10.4. The van der Waals surface area contributed by atoms with Crippen molar-refractivity contribution in [2.45, 2.75) is 105 Å². The highest BCUT2D eigenvalue weighted by atomic mass is 127. The van der Waals surface area contributed by atoms with Crippen molar-refractivity contribution in [1.82, 2.24) is 0 Å². The smallest absolute Gasteiger partial charge is 0.316 e. The van der Waals surface area contributed by atoms with Gasteiger partial charge in [0.05, 0.1) is 31.2 Å². The van der Waals surface area contributed by atoms with Gasteiger partial charge < -0.3 is 28.4 Å². The van der Waals surface area contributed by atoms with Crippen molar-refractivity contribution in [1.29, 1.82) is 0 Å². The Morgan fingerprint density at radius 1 is 1.12 bits per heavy atom. The van der Waals surface area contributed by atoms with Gasteiger partial charge in [-0.25, -0.2) is 0 Å². The molecule has 0 aliphatic carbocycles. The molecule has 0 saturated carbocycles. The average molecular weight is 629 g/mol. The van der Waals surface area contributed by atoms with Crippen LogP contribution < -0.4 is 0 Å². The molecular weight excluding hydrogens is 599 g/mol. The molecule has 0 N–H and O–H groups in total. The molecule has 34 heavy (non-hydrogen) atoms. The van der Waals surface area contributed by atoms with Gasteiger partial charge in [-0.05, 0) is 51.9 Å². The van der Waals surface area contributed by atoms with E-state index in [0.29, 0.717) is 19.3 Å². The highest BCUT2D eigenvalue weighted by Gasteiger charge is 2.68. The fourth-order valence-corrected chi connectivity index (χ4v) is 7.58. The first kappa shape index (κ1) is 25.7. The Hall–Kier alpha value is 0.0500. The molecule has 10 atom stereocenters. The molecule has 8 nitrogen and oxygen atoms in total. The summed E-state index contributed by atoms with van der Waals surface area (Å²) in [5.41, 5.74) is 0. The SMILES string of the molecule is C=C(I)C[C@H](Cl)CC[C@@]12C[C@H]3O[C@H]4[C@@H](O1)[C@H]1O[C@@H](CC(=O)SCC(=O)OC)CC[C@@H]1O[C@H]4[C@H]3O2. The number of ether oxygens (including phenoxy) is 6. The van der Waals surface area contributed by atoms with Gasteiger partial charge in [-0.3, -0.25) is 9.59 Å². The van der Waals surface area contributed by atoms with E-state index in [1.807, 2.05) is 0 Å². The van der Waals surface area contributed by atoms with Crippen LogP contribution in [0.2, 0.25) is 0 Å². The number of allylic oxidation sites excluding steroid dienone is 1. The first-order valence-electron chi connectivity index (χ1n) is 11.8. The zero-order valence-electron chi connectivity index (χ0n) is 19.0. The summed E-state index contributed by atoms with van der Waals surface area (Å²) in [6.45, 7) is 3.95. The molecule has 6 bridgehead atoms. The molecule has 0 aromatic rings. The lowest BCUT2D eigenvalue weighted by Gasteiger charge is -2.47. The van der Waals surface area contributed by atoms with Crippen molar-refractivity contribution in [3.63, 3.8) is 0 Å². The van der Waals surface area contributed by atoms with Gasteiger partial charge in [0.2, 0.25) is 0 Å². The Balaban J connectivity index is 1.25. The van der Waals surface area contributed by atoms with Crippen molar-refractivity contribution in [2.24, 2.45) is 0 Å². The molecule has 0 spiro atoms. The molecule has 6 fully saturated rings. The van der Waals surface area contributed by atoms with Crippen molar-refractivity contribution in [2.75, 3.05) is 12.9 Å². The van der Waals surface area contributed by atoms with E-state index in [-0.39, 0.29) is 71.5 Å². The van der Waals surface area contributed by atoms with Crippen LogP contribution in [0.1, 0.15) is 44.9 Å². The summed E-state index contributed by atoms with van der Waals surface area (Å²) in [7, 11) is 1.31. The number of halogens is 2. The normalized spacial score (nSPS) is 42.7. The van der Waals surface area contributed by atoms with E-state index in [1.54, 1.807) is 0 Å². The molecule has 6 rings (SSSR count). The Morgan fingerprint density at radius 3 is 2.62 bits per heavy atom. The minimum absolute atomic E-state index is 0.00958. The van der Waals surface area contributed by atoms with E-state index in [9.17, 15) is 9.59 Å². The van der Waals surface area contributed by atoms with Gasteiger partial charge in [-0.1, -0.05) is 18.3 Å². The summed E-state index contributed by atoms with van der Waals surface area (Å²) >= 11 is 9.71. The fourth-order valence-electron chi connectivity index (χ4n) is 5.79. The molecular formula is C23H30ClIO8S. The molecule has 0 radical (unpaired) electrons. The first-order chi connectivity index (χ1) is 16.3. The van der Waals surface area contributed by atoms with Crippen LogP contribution in [-0.2, 0) is 38.0 Å². The van der Waals surface area contributed by atoms with Crippen LogP contribution >= 0.6 is 46.0 Å². The lowest BCUT2D eigenvalue weighted by Crippen LogP contribution is -2.61. The molecule has 6 aliphatic heterocycles. The third kappa shape index (κ3) is 5.20. The van der Waals surface area contributed by atoms with Crippen molar-refractivity contribution in [3.05, 3.63) is 10.2 Å². The zero-order chi connectivity index (χ0) is 24.0. The Morgan fingerprint density at radius 2 is 1.85 bits per heavy atom. The Labute approximate surface area is 222 Å². The third-order valence-electron chi connectivity index (χ3n) is 7.28. The van der Waals surface area contributed by atoms with Crippen molar-refractivity contribution < 1.29 is 38.0 Å². The molecule has 0 aromatic carbocycles. The number of esters is 1. The molecule has 6 heterocycles. The number of alkyl halides is 1. The highest BCUT2D eigenvalue weighted by Crippen LogP contribution is 2.54. The highest BCUT2D eigenvalue weighted by molar-refractivity contribution is 14.1. The summed E-state index contributed by atoms with van der Waals surface area (Å²) in [5, 5.41) is -0.120. The predicted octanol–water partition coefficient (Wildman–Crippen LogP) is 3.50. The van der Waals surface area contributed by atoms with E-state index >= 15 is 0 Å². The van der Waals surface area contributed by atoms with Gasteiger partial charge in [-0.15, -0.1) is 11.6 Å². The molecule has 0 aromatic heterocycles. The van der Waals surface area contributed by atoms with Crippen LogP contribution in [0, 0.1) is 0 Å². The minimum atomic E-state index is -0.760. The second-order valence-electron chi connectivity index (χ2n) is 9.66. The zero-order valence-corrected chi connectivity index (χ0v) is 22.7. The lowest BCUT2D eigenvalue weighted by molar-refractivity contribution is -0.291. The number of carbonyl (C=O) groups is 2. The molecule has 6 saturated heterocycles. The summed E-state index contributed by atoms with van der Waals surface area (Å²) in [6.07, 6.45) is 2.89. The summed E-state index contributed by atoms with van der Waals surface area (Å²) < 4.78 is 38.0. The van der Waals surface area contributed by atoms with Gasteiger partial charge in [0.25, 0.3) is 0 Å². The van der Waals surface area contributed by atoms with Crippen LogP contribution in [0.5, 0.6) is 0 Å². The quantitative estimate of drug-likeness (QED) is 0.216. The molecule has 0 unspecified atom stereocenters. The number of fused-ring (bicyclic) bond motifs is 1.